The summed E-state index contributed by atoms with van der Waals surface area (Å²) in [4.78, 5) is 14.2. The van der Waals surface area contributed by atoms with Crippen LogP contribution in [0.25, 0.3) is 0 Å². The summed E-state index contributed by atoms with van der Waals surface area (Å²) >= 11 is 0. The van der Waals surface area contributed by atoms with Gasteiger partial charge in [0.2, 0.25) is 0 Å². The van der Waals surface area contributed by atoms with Gasteiger partial charge in [0.1, 0.15) is 21.2 Å². The summed E-state index contributed by atoms with van der Waals surface area (Å²) in [6.07, 6.45) is 5.09. The summed E-state index contributed by atoms with van der Waals surface area (Å²) in [5, 5.41) is 0. The molecule has 5 heteroatoms. The van der Waals surface area contributed by atoms with Crippen LogP contribution < -0.4 is 0 Å². The zero-order valence-electron chi connectivity index (χ0n) is 22.5. The average Bonchev–Trinajstić information content (AvgIpc) is 2.71. The first kappa shape index (κ1) is 24.1. The molecule has 6 aliphatic heterocycles. The Hall–Kier alpha value is 1.39. The predicted octanol–water partition coefficient (Wildman–Crippen LogP) is 10.4. The largest absolute Gasteiger partial charge is 0.268 e. The fourth-order valence-corrected chi connectivity index (χ4v) is 66.7. The van der Waals surface area contributed by atoms with Crippen LogP contribution in [0.2, 0.25) is 0 Å². The Kier molecular flexibility index (Phi) is 4.42. The summed E-state index contributed by atoms with van der Waals surface area (Å²) in [5.41, 5.74) is 2.23. The van der Waals surface area contributed by atoms with Gasteiger partial charge in [0.25, 0.3) is 5.52 Å². The van der Waals surface area contributed by atoms with Crippen LogP contribution >= 0.6 is 31.0 Å². The van der Waals surface area contributed by atoms with Gasteiger partial charge in [-0.15, -0.1) is 0 Å². The van der Waals surface area contributed by atoms with E-state index in [-0.39, 0.29) is 23.8 Å². The third-order valence-electron chi connectivity index (χ3n) is 11.8. The van der Waals surface area contributed by atoms with E-state index in [1.165, 1.54) is 25.7 Å². The molecule has 31 heavy (non-hydrogen) atoms. The highest BCUT2D eigenvalue weighted by Crippen LogP contribution is 3.59. The Morgan fingerprint density at radius 3 is 1.06 bits per heavy atom. The second-order valence-corrected chi connectivity index (χ2v) is 30.0. The molecule has 6 aliphatic rings. The molecule has 0 aromatic heterocycles. The summed E-state index contributed by atoms with van der Waals surface area (Å²) < 4.78 is 2.18. The second-order valence-electron chi connectivity index (χ2n) is 13.7. The van der Waals surface area contributed by atoms with Crippen molar-refractivity contribution in [2.75, 3.05) is 0 Å². The van der Waals surface area contributed by atoms with Crippen molar-refractivity contribution in [2.45, 2.75) is 134 Å². The standard InChI is InChI=1S/C26H47OP4/c1-14-19(6,7)23-28-24(20(8,9)15-2)29(23)26(22(12,13)17-4)30(23)25(28,21(10,11)16-3)31(24,26)18(5)27/h14-17H2,1-13H3/q+1. The topological polar surface area (TPSA) is 17.1 Å². The summed E-state index contributed by atoms with van der Waals surface area (Å²) in [5.74, 6) is 0. The number of hydrogen-bond acceptors (Lipinski definition) is 1. The number of rotatable bonds is 9. The van der Waals surface area contributed by atoms with Crippen LogP contribution in [-0.2, 0) is 4.79 Å². The van der Waals surface area contributed by atoms with Gasteiger partial charge in [0.15, 0.2) is 0 Å². The molecule has 6 rings (SSSR count). The van der Waals surface area contributed by atoms with E-state index >= 15 is 0 Å². The van der Waals surface area contributed by atoms with E-state index in [9.17, 15) is 4.79 Å². The highest BCUT2D eigenvalue weighted by atomic mass is 31.5. The van der Waals surface area contributed by atoms with Gasteiger partial charge < -0.3 is 0 Å². The summed E-state index contributed by atoms with van der Waals surface area (Å²) in [6.45, 7) is 32.7. The van der Waals surface area contributed by atoms with Gasteiger partial charge in [-0.3, -0.25) is 4.79 Å². The Balaban J connectivity index is 1.87. The van der Waals surface area contributed by atoms with Crippen molar-refractivity contribution in [2.24, 2.45) is 21.7 Å². The second kappa shape index (κ2) is 5.69. The maximum atomic E-state index is 14.2. The van der Waals surface area contributed by atoms with Crippen molar-refractivity contribution < 1.29 is 4.79 Å². The maximum absolute atomic E-state index is 14.2. The lowest BCUT2D eigenvalue weighted by Gasteiger charge is -3.19. The lowest BCUT2D eigenvalue weighted by atomic mass is 9.88. The van der Waals surface area contributed by atoms with Crippen LogP contribution in [0.5, 0.6) is 0 Å². The lowest BCUT2D eigenvalue weighted by Crippen LogP contribution is -3.05. The minimum Gasteiger partial charge on any atom is -0.253 e. The minimum atomic E-state index is -1.68. The molecule has 0 aliphatic carbocycles. The van der Waals surface area contributed by atoms with Crippen molar-refractivity contribution in [3.63, 3.8) is 0 Å². The van der Waals surface area contributed by atoms with Crippen LogP contribution in [0.4, 0.5) is 0 Å². The maximum Gasteiger partial charge on any atom is 0.268 e. The number of hydrogen-bond donors (Lipinski definition) is 0. The SMILES string of the molecule is CCC(C)(C)C12P3C4(C(C)(C)CC)P1C1(C(C)(C)CC)P2C3(C(C)(C)CC)[P+]41C(C)=O. The van der Waals surface area contributed by atoms with Crippen LogP contribution in [0.3, 0.4) is 0 Å². The first-order valence-corrected chi connectivity index (χ1v) is 18.7. The van der Waals surface area contributed by atoms with Gasteiger partial charge in [0.05, 0.1) is 4.64 Å². The van der Waals surface area contributed by atoms with Crippen molar-refractivity contribution in [3.05, 3.63) is 0 Å². The van der Waals surface area contributed by atoms with Crippen molar-refractivity contribution in [1.82, 2.24) is 0 Å². The molecule has 1 nitrogen and oxygen atoms in total. The molecule has 6 saturated heterocycles. The smallest absolute Gasteiger partial charge is 0.253 e. The highest BCUT2D eigenvalue weighted by Gasteiger charge is 3.36. The third-order valence-corrected chi connectivity index (χ3v) is 44.7. The zero-order chi connectivity index (χ0) is 23.6. The molecular weight excluding hydrogens is 452 g/mol. The summed E-state index contributed by atoms with van der Waals surface area (Å²) in [6, 6.07) is 0. The highest BCUT2D eigenvalue weighted by molar-refractivity contribution is 8.60. The Bertz CT molecular complexity index is 794. The molecule has 0 bridgehead atoms. The van der Waals surface area contributed by atoms with Crippen LogP contribution in [0.15, 0.2) is 0 Å². The van der Waals surface area contributed by atoms with Gasteiger partial charge in [-0.25, -0.2) is 0 Å². The Morgan fingerprint density at radius 1 is 0.613 bits per heavy atom. The normalized spacial score (nSPS) is 51.1. The molecule has 0 N–H and O–H groups in total. The van der Waals surface area contributed by atoms with E-state index < -0.39 is 7.26 Å². The minimum absolute atomic E-state index is 0.0362. The molecule has 176 valence electrons. The molecule has 0 unspecified atom stereocenters. The average molecular weight is 500 g/mol. The molecule has 0 saturated carbocycles. The van der Waals surface area contributed by atoms with Crippen molar-refractivity contribution >= 4 is 36.6 Å². The van der Waals surface area contributed by atoms with E-state index in [4.69, 9.17) is 0 Å². The van der Waals surface area contributed by atoms with Gasteiger partial charge in [-0.2, -0.15) is 0 Å². The van der Waals surface area contributed by atoms with E-state index in [1.54, 1.807) is 0 Å². The molecule has 0 amide bonds. The quantitative estimate of drug-likeness (QED) is 0.288. The molecule has 0 aromatic rings. The predicted molar refractivity (Wildman–Crippen MR) is 146 cm³/mol. The van der Waals surface area contributed by atoms with Crippen LogP contribution in [0.1, 0.15) is 116 Å². The molecule has 6 heterocycles. The van der Waals surface area contributed by atoms with E-state index in [2.05, 4.69) is 90.0 Å². The van der Waals surface area contributed by atoms with Crippen molar-refractivity contribution in [1.29, 1.82) is 0 Å². The van der Waals surface area contributed by atoms with E-state index in [0.29, 0.717) is 40.2 Å². The Morgan fingerprint density at radius 2 is 0.871 bits per heavy atom. The van der Waals surface area contributed by atoms with Crippen LogP contribution in [0, 0.1) is 21.7 Å². The first-order valence-electron chi connectivity index (χ1n) is 12.9. The molecule has 0 radical (unpaired) electrons. The fourth-order valence-electron chi connectivity index (χ4n) is 9.53. The third kappa shape index (κ3) is 1.46. The van der Waals surface area contributed by atoms with Crippen molar-refractivity contribution in [3.8, 4) is 0 Å². The molecule has 0 aromatic carbocycles. The zero-order valence-corrected chi connectivity index (χ0v) is 26.1. The number of carbonyl (C=O) groups excluding carboxylic acids is 1. The van der Waals surface area contributed by atoms with E-state index in [0.717, 1.165) is 5.52 Å². The van der Waals surface area contributed by atoms with Gasteiger partial charge in [-0.1, -0.05) is 83.1 Å². The summed E-state index contributed by atoms with van der Waals surface area (Å²) in [7, 11) is -1.79. The molecule has 0 atom stereocenters. The molecular formula is C26H47OP4+. The monoisotopic (exact) mass is 499 g/mol. The Labute approximate surface area is 197 Å². The van der Waals surface area contributed by atoms with E-state index in [1.807, 2.05) is 0 Å². The lowest BCUT2D eigenvalue weighted by molar-refractivity contribution is -0.110. The van der Waals surface area contributed by atoms with Gasteiger partial charge in [-0.05, 0) is 31.1 Å². The molecule has 0 spiro atoms. The number of carbonyl (C=O) groups is 1. The van der Waals surface area contributed by atoms with Gasteiger partial charge in [0, 0.05) is 46.9 Å². The van der Waals surface area contributed by atoms with Gasteiger partial charge >= 0.3 is 0 Å². The molecule has 6 fully saturated rings. The van der Waals surface area contributed by atoms with Crippen LogP contribution in [-0.4, -0.2) is 24.1 Å². The first-order chi connectivity index (χ1) is 14.0. The fraction of sp³-hybridized carbons (Fsp3) is 0.962.